The van der Waals surface area contributed by atoms with Gasteiger partial charge in [0.25, 0.3) is 0 Å². The fourth-order valence-electron chi connectivity index (χ4n) is 2.35. The van der Waals surface area contributed by atoms with E-state index >= 15 is 0 Å². The van der Waals surface area contributed by atoms with E-state index in [1.807, 2.05) is 32.0 Å². The van der Waals surface area contributed by atoms with Crippen LogP contribution in [0.5, 0.6) is 0 Å². The minimum absolute atomic E-state index is 0.153. The first-order chi connectivity index (χ1) is 12.9. The molecule has 1 aromatic heterocycles. The van der Waals surface area contributed by atoms with Crippen molar-refractivity contribution < 1.29 is 9.18 Å². The summed E-state index contributed by atoms with van der Waals surface area (Å²) >= 11 is 7.39. The molecule has 0 saturated carbocycles. The number of rotatable bonds is 5. The summed E-state index contributed by atoms with van der Waals surface area (Å²) in [5, 5.41) is 4.10. The maximum Gasteiger partial charge on any atom is 0.234 e. The molecule has 0 radical (unpaired) electrons. The van der Waals surface area contributed by atoms with Gasteiger partial charge in [0.05, 0.1) is 5.75 Å². The van der Waals surface area contributed by atoms with Crippen LogP contribution in [0.3, 0.4) is 0 Å². The van der Waals surface area contributed by atoms with Crippen LogP contribution in [0.4, 0.5) is 10.1 Å². The third kappa shape index (κ3) is 5.28. The lowest BCUT2D eigenvalue weighted by Crippen LogP contribution is -2.14. The van der Waals surface area contributed by atoms with Gasteiger partial charge in [-0.2, -0.15) is 0 Å². The van der Waals surface area contributed by atoms with E-state index in [4.69, 9.17) is 11.6 Å². The Bertz CT molecular complexity index is 979. The second kappa shape index (κ2) is 8.50. The minimum atomic E-state index is -0.311. The molecule has 1 amide bonds. The molecule has 0 unspecified atom stereocenters. The van der Waals surface area contributed by atoms with Crippen molar-refractivity contribution in [2.24, 2.45) is 0 Å². The number of carbonyl (C=O) groups excluding carboxylic acids is 1. The maximum absolute atomic E-state index is 13.1. The first kappa shape index (κ1) is 19.3. The second-order valence-electron chi connectivity index (χ2n) is 5.98. The van der Waals surface area contributed by atoms with Gasteiger partial charge in [0.1, 0.15) is 10.8 Å². The summed E-state index contributed by atoms with van der Waals surface area (Å²) in [6, 6.07) is 13.2. The van der Waals surface area contributed by atoms with Crippen LogP contribution in [0.2, 0.25) is 5.02 Å². The van der Waals surface area contributed by atoms with Gasteiger partial charge in [0.2, 0.25) is 5.91 Å². The number of carbonyl (C=O) groups is 1. The highest BCUT2D eigenvalue weighted by atomic mass is 35.5. The first-order valence-electron chi connectivity index (χ1n) is 8.21. The summed E-state index contributed by atoms with van der Waals surface area (Å²) in [6.07, 6.45) is 0. The fraction of sp³-hybridized carbons (Fsp3) is 0.150. The van der Waals surface area contributed by atoms with E-state index in [9.17, 15) is 9.18 Å². The smallest absolute Gasteiger partial charge is 0.234 e. The molecule has 3 aromatic rings. The maximum atomic E-state index is 13.1. The van der Waals surface area contributed by atoms with E-state index in [-0.39, 0.29) is 17.5 Å². The van der Waals surface area contributed by atoms with Crippen molar-refractivity contribution in [1.82, 2.24) is 9.97 Å². The average Bonchev–Trinajstić information content (AvgIpc) is 2.63. The molecule has 4 nitrogen and oxygen atoms in total. The Labute approximate surface area is 166 Å². The molecule has 2 aromatic carbocycles. The quantitative estimate of drug-likeness (QED) is 0.466. The SMILES string of the molecule is Cc1cc(SCC(=O)Nc2ccc(C)c(Cl)c2)nc(-c2ccc(F)cc2)n1. The molecular weight excluding hydrogens is 385 g/mol. The van der Waals surface area contributed by atoms with Gasteiger partial charge in [0.15, 0.2) is 5.82 Å². The molecule has 0 atom stereocenters. The molecule has 0 fully saturated rings. The average molecular weight is 402 g/mol. The second-order valence-corrected chi connectivity index (χ2v) is 7.38. The van der Waals surface area contributed by atoms with Gasteiger partial charge in [-0.3, -0.25) is 4.79 Å². The number of hydrogen-bond acceptors (Lipinski definition) is 4. The highest BCUT2D eigenvalue weighted by Crippen LogP contribution is 2.23. The third-order valence-electron chi connectivity index (χ3n) is 3.74. The van der Waals surface area contributed by atoms with Crippen LogP contribution in [0.25, 0.3) is 11.4 Å². The molecule has 27 heavy (non-hydrogen) atoms. The Hall–Kier alpha value is -2.44. The van der Waals surface area contributed by atoms with Crippen LogP contribution in [0.1, 0.15) is 11.3 Å². The zero-order chi connectivity index (χ0) is 19.4. The van der Waals surface area contributed by atoms with Gasteiger partial charge in [-0.05, 0) is 61.9 Å². The van der Waals surface area contributed by atoms with E-state index in [0.717, 1.165) is 16.8 Å². The van der Waals surface area contributed by atoms with Crippen LogP contribution in [-0.4, -0.2) is 21.6 Å². The molecule has 138 valence electrons. The predicted octanol–water partition coefficient (Wildman–Crippen LogP) is 5.28. The van der Waals surface area contributed by atoms with Crippen LogP contribution < -0.4 is 5.32 Å². The molecule has 0 saturated heterocycles. The Kier molecular flexibility index (Phi) is 6.08. The summed E-state index contributed by atoms with van der Waals surface area (Å²) in [5.74, 6) is 0.238. The highest BCUT2D eigenvalue weighted by Gasteiger charge is 2.09. The lowest BCUT2D eigenvalue weighted by Gasteiger charge is -2.08. The van der Waals surface area contributed by atoms with Gasteiger partial charge in [0, 0.05) is 22.0 Å². The van der Waals surface area contributed by atoms with Gasteiger partial charge in [-0.15, -0.1) is 0 Å². The molecular formula is C20H17ClFN3OS. The molecule has 3 rings (SSSR count). The standard InChI is InChI=1S/C20H17ClFN3OS/c1-12-3-8-16(10-17(12)21)24-18(26)11-27-19-9-13(2)23-20(25-19)14-4-6-15(22)7-5-14/h3-10H,11H2,1-2H3,(H,24,26). The van der Waals surface area contributed by atoms with Crippen molar-refractivity contribution in [2.45, 2.75) is 18.9 Å². The minimum Gasteiger partial charge on any atom is -0.325 e. The fourth-order valence-corrected chi connectivity index (χ4v) is 3.29. The van der Waals surface area contributed by atoms with E-state index < -0.39 is 0 Å². The van der Waals surface area contributed by atoms with Crippen molar-refractivity contribution in [3.05, 3.63) is 70.6 Å². The highest BCUT2D eigenvalue weighted by molar-refractivity contribution is 7.99. The molecule has 0 aliphatic carbocycles. The largest absolute Gasteiger partial charge is 0.325 e. The predicted molar refractivity (Wildman–Crippen MR) is 108 cm³/mol. The van der Waals surface area contributed by atoms with Crippen LogP contribution in [0.15, 0.2) is 53.6 Å². The van der Waals surface area contributed by atoms with E-state index in [1.54, 1.807) is 18.2 Å². The number of thioether (sulfide) groups is 1. The zero-order valence-corrected chi connectivity index (χ0v) is 16.4. The molecule has 0 bridgehead atoms. The third-order valence-corrected chi connectivity index (χ3v) is 5.06. The van der Waals surface area contributed by atoms with E-state index in [1.165, 1.54) is 23.9 Å². The molecule has 0 spiro atoms. The Balaban J connectivity index is 1.67. The number of anilines is 1. The summed E-state index contributed by atoms with van der Waals surface area (Å²) in [4.78, 5) is 21.1. The first-order valence-corrected chi connectivity index (χ1v) is 9.57. The lowest BCUT2D eigenvalue weighted by molar-refractivity contribution is -0.113. The summed E-state index contributed by atoms with van der Waals surface area (Å²) in [6.45, 7) is 3.76. The van der Waals surface area contributed by atoms with Crippen LogP contribution in [-0.2, 0) is 4.79 Å². The van der Waals surface area contributed by atoms with Gasteiger partial charge in [-0.1, -0.05) is 29.4 Å². The van der Waals surface area contributed by atoms with Gasteiger partial charge in [-0.25, -0.2) is 14.4 Å². The van der Waals surface area contributed by atoms with Gasteiger partial charge < -0.3 is 5.32 Å². The number of benzene rings is 2. The normalized spacial score (nSPS) is 10.7. The summed E-state index contributed by atoms with van der Waals surface area (Å²) in [7, 11) is 0. The molecule has 0 aliphatic rings. The number of amides is 1. The number of nitrogens with zero attached hydrogens (tertiary/aromatic N) is 2. The van der Waals surface area contributed by atoms with Crippen molar-refractivity contribution in [2.75, 3.05) is 11.1 Å². The summed E-state index contributed by atoms with van der Waals surface area (Å²) < 4.78 is 13.1. The molecule has 7 heteroatoms. The van der Waals surface area contributed by atoms with E-state index in [2.05, 4.69) is 15.3 Å². The topological polar surface area (TPSA) is 54.9 Å². The Morgan fingerprint density at radius 2 is 1.85 bits per heavy atom. The van der Waals surface area contributed by atoms with Crippen molar-refractivity contribution in [1.29, 1.82) is 0 Å². The number of aryl methyl sites for hydroxylation is 2. The van der Waals surface area contributed by atoms with Crippen LogP contribution in [0, 0.1) is 19.7 Å². The van der Waals surface area contributed by atoms with E-state index in [0.29, 0.717) is 21.6 Å². The Morgan fingerprint density at radius 1 is 1.11 bits per heavy atom. The summed E-state index contributed by atoms with van der Waals surface area (Å²) in [5.41, 5.74) is 3.11. The zero-order valence-electron chi connectivity index (χ0n) is 14.8. The molecule has 1 heterocycles. The lowest BCUT2D eigenvalue weighted by atomic mass is 10.2. The molecule has 0 aliphatic heterocycles. The van der Waals surface area contributed by atoms with Crippen molar-refractivity contribution in [3.63, 3.8) is 0 Å². The van der Waals surface area contributed by atoms with Gasteiger partial charge >= 0.3 is 0 Å². The monoisotopic (exact) mass is 401 g/mol. The number of nitrogens with one attached hydrogen (secondary N) is 1. The Morgan fingerprint density at radius 3 is 2.56 bits per heavy atom. The van der Waals surface area contributed by atoms with Crippen molar-refractivity contribution >= 4 is 35.0 Å². The number of hydrogen-bond donors (Lipinski definition) is 1. The molecule has 1 N–H and O–H groups in total. The van der Waals surface area contributed by atoms with Crippen molar-refractivity contribution in [3.8, 4) is 11.4 Å². The number of aromatic nitrogens is 2. The number of halogens is 2. The van der Waals surface area contributed by atoms with Crippen LogP contribution >= 0.6 is 23.4 Å².